The van der Waals surface area contributed by atoms with Crippen LogP contribution >= 0.6 is 0 Å². The molecule has 86 valence electrons. The Morgan fingerprint density at radius 2 is 1.81 bits per heavy atom. The Morgan fingerprint density at radius 1 is 1.25 bits per heavy atom. The molecule has 0 unspecified atom stereocenters. The first-order chi connectivity index (χ1) is 7.58. The first-order valence-electron chi connectivity index (χ1n) is 5.97. The van der Waals surface area contributed by atoms with Gasteiger partial charge in [-0.15, -0.1) is 0 Å². The van der Waals surface area contributed by atoms with Crippen LogP contribution in [0.25, 0.3) is 0 Å². The fourth-order valence-corrected chi connectivity index (χ4v) is 2.14. The summed E-state index contributed by atoms with van der Waals surface area (Å²) in [5, 5.41) is 0. The number of nitrogens with two attached hydrogens (primary N) is 1. The van der Waals surface area contributed by atoms with Crippen LogP contribution in [0, 0.1) is 5.92 Å². The topological polar surface area (TPSA) is 43.1 Å². The van der Waals surface area contributed by atoms with Crippen LogP contribution in [0.1, 0.15) is 48.5 Å². The maximum absolute atomic E-state index is 12.0. The average molecular weight is 217 g/mol. The third-order valence-electron chi connectivity index (χ3n) is 3.41. The van der Waals surface area contributed by atoms with Crippen LogP contribution in [0.15, 0.2) is 24.3 Å². The molecule has 2 rings (SSSR count). The number of benzene rings is 1. The second-order valence-electron chi connectivity index (χ2n) is 5.07. The van der Waals surface area contributed by atoms with Gasteiger partial charge >= 0.3 is 0 Å². The molecule has 0 amide bonds. The van der Waals surface area contributed by atoms with Crippen molar-refractivity contribution < 1.29 is 4.79 Å². The van der Waals surface area contributed by atoms with E-state index in [1.807, 2.05) is 12.1 Å². The Kier molecular flexibility index (Phi) is 3.10. The van der Waals surface area contributed by atoms with Gasteiger partial charge in [0.25, 0.3) is 0 Å². The molecule has 0 radical (unpaired) electrons. The van der Waals surface area contributed by atoms with Gasteiger partial charge < -0.3 is 5.73 Å². The summed E-state index contributed by atoms with van der Waals surface area (Å²) in [4.78, 5) is 12.0. The lowest BCUT2D eigenvalue weighted by Gasteiger charge is -2.31. The molecule has 2 nitrogen and oxygen atoms in total. The van der Waals surface area contributed by atoms with Crippen LogP contribution in [-0.2, 0) is 0 Å². The van der Waals surface area contributed by atoms with E-state index in [1.54, 1.807) is 0 Å². The first-order valence-corrected chi connectivity index (χ1v) is 5.97. The molecular weight excluding hydrogens is 198 g/mol. The molecule has 1 fully saturated rings. The zero-order chi connectivity index (χ0) is 11.7. The van der Waals surface area contributed by atoms with Crippen LogP contribution < -0.4 is 5.73 Å². The molecule has 16 heavy (non-hydrogen) atoms. The van der Waals surface area contributed by atoms with Gasteiger partial charge in [-0.25, -0.2) is 0 Å². The Morgan fingerprint density at radius 3 is 2.25 bits per heavy atom. The normalized spacial score (nSPS) is 24.2. The molecule has 1 aliphatic carbocycles. The van der Waals surface area contributed by atoms with Gasteiger partial charge in [-0.2, -0.15) is 0 Å². The van der Waals surface area contributed by atoms with Crippen LogP contribution in [0.3, 0.4) is 0 Å². The smallest absolute Gasteiger partial charge is 0.166 e. The zero-order valence-corrected chi connectivity index (χ0v) is 9.94. The van der Waals surface area contributed by atoms with Gasteiger partial charge in [-0.3, -0.25) is 4.79 Å². The highest BCUT2D eigenvalue weighted by Gasteiger charge is 2.32. The van der Waals surface area contributed by atoms with E-state index in [1.165, 1.54) is 5.56 Å². The first kappa shape index (κ1) is 11.3. The van der Waals surface area contributed by atoms with Crippen molar-refractivity contribution in [3.8, 4) is 0 Å². The van der Waals surface area contributed by atoms with Gasteiger partial charge in [-0.05, 0) is 24.3 Å². The number of Topliss-reactive ketones (excluding diaryl/α,β-unsaturated/α-hetero) is 1. The van der Waals surface area contributed by atoms with E-state index in [0.29, 0.717) is 5.92 Å². The summed E-state index contributed by atoms with van der Waals surface area (Å²) < 4.78 is 0. The number of carbonyl (C=O) groups is 1. The van der Waals surface area contributed by atoms with Crippen molar-refractivity contribution in [3.05, 3.63) is 35.4 Å². The molecule has 0 bridgehead atoms. The summed E-state index contributed by atoms with van der Waals surface area (Å²) in [6.45, 7) is 4.31. The number of ketones is 1. The summed E-state index contributed by atoms with van der Waals surface area (Å²) in [6, 6.07) is 8.24. The van der Waals surface area contributed by atoms with E-state index >= 15 is 0 Å². The van der Waals surface area contributed by atoms with Crippen LogP contribution in [0.4, 0.5) is 0 Å². The van der Waals surface area contributed by atoms with Crippen molar-refractivity contribution in [3.63, 3.8) is 0 Å². The molecule has 0 atom stereocenters. The van der Waals surface area contributed by atoms with E-state index in [0.717, 1.165) is 18.4 Å². The predicted molar refractivity (Wildman–Crippen MR) is 65.6 cm³/mol. The van der Waals surface area contributed by atoms with Gasteiger partial charge in [0, 0.05) is 17.5 Å². The lowest BCUT2D eigenvalue weighted by atomic mass is 9.76. The van der Waals surface area contributed by atoms with Crippen LogP contribution in [0.5, 0.6) is 0 Å². The molecule has 1 aromatic rings. The van der Waals surface area contributed by atoms with E-state index in [2.05, 4.69) is 26.0 Å². The molecule has 1 aliphatic rings. The summed E-state index contributed by atoms with van der Waals surface area (Å²) >= 11 is 0. The van der Waals surface area contributed by atoms with Crippen LogP contribution in [0.2, 0.25) is 0 Å². The molecule has 2 N–H and O–H groups in total. The van der Waals surface area contributed by atoms with Crippen LogP contribution in [-0.4, -0.2) is 11.8 Å². The number of hydrogen-bond acceptors (Lipinski definition) is 2. The van der Waals surface area contributed by atoms with Crippen molar-refractivity contribution in [2.24, 2.45) is 11.7 Å². The van der Waals surface area contributed by atoms with Crippen molar-refractivity contribution in [2.45, 2.75) is 38.6 Å². The van der Waals surface area contributed by atoms with Gasteiger partial charge in [0.2, 0.25) is 0 Å². The van der Waals surface area contributed by atoms with E-state index in [-0.39, 0.29) is 17.7 Å². The Bertz CT molecular complexity index is 374. The predicted octanol–water partition coefficient (Wildman–Crippen LogP) is 2.73. The maximum atomic E-state index is 12.0. The molecule has 1 aromatic carbocycles. The lowest BCUT2D eigenvalue weighted by molar-refractivity contribution is 0.0832. The minimum Gasteiger partial charge on any atom is -0.328 e. The Hall–Kier alpha value is -1.15. The number of carbonyl (C=O) groups excluding carboxylic acids is 1. The summed E-state index contributed by atoms with van der Waals surface area (Å²) in [5.41, 5.74) is 7.81. The standard InChI is InChI=1S/C14H19NO/c1-9(2)10-3-5-11(6-4-10)14(16)12-7-13(15)8-12/h3-6,9,12-13H,7-8,15H2,1-2H3. The minimum atomic E-state index is 0.167. The Balaban J connectivity index is 2.07. The summed E-state index contributed by atoms with van der Waals surface area (Å²) in [7, 11) is 0. The highest BCUT2D eigenvalue weighted by Crippen LogP contribution is 2.29. The molecule has 0 spiro atoms. The van der Waals surface area contributed by atoms with E-state index < -0.39 is 0 Å². The maximum Gasteiger partial charge on any atom is 0.166 e. The minimum absolute atomic E-state index is 0.167. The molecule has 0 aromatic heterocycles. The number of rotatable bonds is 3. The van der Waals surface area contributed by atoms with Crippen molar-refractivity contribution >= 4 is 5.78 Å². The third-order valence-corrected chi connectivity index (χ3v) is 3.41. The lowest BCUT2D eigenvalue weighted by Crippen LogP contribution is -2.40. The quantitative estimate of drug-likeness (QED) is 0.791. The van der Waals surface area contributed by atoms with Crippen molar-refractivity contribution in [1.82, 2.24) is 0 Å². The highest BCUT2D eigenvalue weighted by atomic mass is 16.1. The third kappa shape index (κ3) is 2.17. The van der Waals surface area contributed by atoms with E-state index in [4.69, 9.17) is 5.73 Å². The second-order valence-corrected chi connectivity index (χ2v) is 5.07. The fourth-order valence-electron chi connectivity index (χ4n) is 2.14. The SMILES string of the molecule is CC(C)c1ccc(C(=O)C2CC(N)C2)cc1. The van der Waals surface area contributed by atoms with Crippen molar-refractivity contribution in [2.75, 3.05) is 0 Å². The molecule has 1 saturated carbocycles. The summed E-state index contributed by atoms with van der Waals surface area (Å²) in [5.74, 6) is 0.943. The van der Waals surface area contributed by atoms with E-state index in [9.17, 15) is 4.79 Å². The van der Waals surface area contributed by atoms with Gasteiger partial charge in [0.05, 0.1) is 0 Å². The van der Waals surface area contributed by atoms with Crippen molar-refractivity contribution in [1.29, 1.82) is 0 Å². The zero-order valence-electron chi connectivity index (χ0n) is 9.94. The molecular formula is C14H19NO. The number of hydrogen-bond donors (Lipinski definition) is 1. The van der Waals surface area contributed by atoms with Gasteiger partial charge in [-0.1, -0.05) is 38.1 Å². The van der Waals surface area contributed by atoms with Gasteiger partial charge in [0.1, 0.15) is 0 Å². The summed E-state index contributed by atoms with van der Waals surface area (Å²) in [6.07, 6.45) is 1.70. The Labute approximate surface area is 96.8 Å². The molecule has 0 saturated heterocycles. The van der Waals surface area contributed by atoms with Gasteiger partial charge in [0.15, 0.2) is 5.78 Å². The fraction of sp³-hybridized carbons (Fsp3) is 0.500. The largest absolute Gasteiger partial charge is 0.328 e. The average Bonchev–Trinajstić information content (AvgIpc) is 2.24. The second kappa shape index (κ2) is 4.38. The monoisotopic (exact) mass is 217 g/mol. The molecule has 0 aliphatic heterocycles. The molecule has 2 heteroatoms. The molecule has 0 heterocycles. The highest BCUT2D eigenvalue weighted by molar-refractivity contribution is 5.98.